The van der Waals surface area contributed by atoms with Crippen molar-refractivity contribution in [1.29, 1.82) is 0 Å². The summed E-state index contributed by atoms with van der Waals surface area (Å²) in [5, 5.41) is 9.98. The fourth-order valence-corrected chi connectivity index (χ4v) is 3.06. The molecule has 0 heterocycles. The van der Waals surface area contributed by atoms with Gasteiger partial charge in [0.2, 0.25) is 0 Å². The zero-order valence-corrected chi connectivity index (χ0v) is 15.1. The van der Waals surface area contributed by atoms with E-state index in [2.05, 4.69) is 15.9 Å². The molecule has 0 spiro atoms. The molecule has 0 saturated heterocycles. The van der Waals surface area contributed by atoms with Gasteiger partial charge < -0.3 is 9.84 Å². The number of ether oxygens (including phenoxy) is 1. The number of nitrogens with zero attached hydrogens (tertiary/aromatic N) is 1. The van der Waals surface area contributed by atoms with Crippen LogP contribution in [0.2, 0.25) is 5.02 Å². The molecule has 126 valence electrons. The molecular weight excluding hydrogens is 398 g/mol. The number of benzene rings is 2. The highest BCUT2D eigenvalue weighted by Gasteiger charge is 2.31. The number of carboxylic acids is 1. The number of halogens is 2. The van der Waals surface area contributed by atoms with Crippen molar-refractivity contribution in [3.05, 3.63) is 69.2 Å². The molecule has 0 bridgehead atoms. The molecule has 0 aliphatic heterocycles. The first-order valence-corrected chi connectivity index (χ1v) is 8.18. The largest absolute Gasteiger partial charge is 0.479 e. The maximum atomic E-state index is 12.2. The van der Waals surface area contributed by atoms with Crippen molar-refractivity contribution in [2.45, 2.75) is 12.6 Å². The second-order valence-electron chi connectivity index (χ2n) is 5.06. The first-order valence-electron chi connectivity index (χ1n) is 7.01. The molecule has 1 N–H and O–H groups in total. The van der Waals surface area contributed by atoms with Crippen LogP contribution >= 0.6 is 27.5 Å². The Labute approximate surface area is 152 Å². The standard InChI is InChI=1S/C17H15BrClNO4/c1-20(17(23)24-10-11-5-3-2-4-6-11)15(16(21)22)13-8-7-12(19)9-14(13)18/h2-9,15H,10H2,1H3,(H,21,22). The van der Waals surface area contributed by atoms with Crippen molar-refractivity contribution in [3.63, 3.8) is 0 Å². The number of aliphatic carboxylic acids is 1. The molecule has 1 amide bonds. The molecule has 2 aromatic carbocycles. The normalized spacial score (nSPS) is 11.6. The molecule has 1 unspecified atom stereocenters. The second kappa shape index (κ2) is 8.17. The van der Waals surface area contributed by atoms with E-state index >= 15 is 0 Å². The molecule has 0 aromatic heterocycles. The van der Waals surface area contributed by atoms with Gasteiger partial charge >= 0.3 is 12.1 Å². The highest BCUT2D eigenvalue weighted by Crippen LogP contribution is 2.30. The van der Waals surface area contributed by atoms with Gasteiger partial charge in [-0.2, -0.15) is 0 Å². The molecule has 0 saturated carbocycles. The van der Waals surface area contributed by atoms with Gasteiger partial charge in [0, 0.05) is 22.1 Å². The van der Waals surface area contributed by atoms with Gasteiger partial charge in [0.25, 0.3) is 0 Å². The molecule has 0 aliphatic rings. The van der Waals surface area contributed by atoms with Crippen LogP contribution in [0, 0.1) is 0 Å². The van der Waals surface area contributed by atoms with Crippen molar-refractivity contribution in [1.82, 2.24) is 4.90 Å². The Morgan fingerprint density at radius 3 is 2.50 bits per heavy atom. The van der Waals surface area contributed by atoms with E-state index in [0.717, 1.165) is 10.5 Å². The van der Waals surface area contributed by atoms with Crippen molar-refractivity contribution in [2.24, 2.45) is 0 Å². The highest BCUT2D eigenvalue weighted by molar-refractivity contribution is 9.10. The van der Waals surface area contributed by atoms with E-state index < -0.39 is 18.1 Å². The van der Waals surface area contributed by atoms with Crippen LogP contribution in [0.4, 0.5) is 4.79 Å². The average Bonchev–Trinajstić information content (AvgIpc) is 2.55. The topological polar surface area (TPSA) is 66.8 Å². The molecule has 0 aliphatic carbocycles. The Morgan fingerprint density at radius 1 is 1.25 bits per heavy atom. The van der Waals surface area contributed by atoms with Crippen molar-refractivity contribution in [3.8, 4) is 0 Å². The van der Waals surface area contributed by atoms with Gasteiger partial charge in [-0.1, -0.05) is 63.9 Å². The zero-order valence-electron chi connectivity index (χ0n) is 12.8. The van der Waals surface area contributed by atoms with Gasteiger partial charge in [-0.15, -0.1) is 0 Å². The van der Waals surface area contributed by atoms with Gasteiger partial charge in [-0.05, 0) is 17.7 Å². The third kappa shape index (κ3) is 4.49. The summed E-state index contributed by atoms with van der Waals surface area (Å²) in [6.07, 6.45) is -0.729. The summed E-state index contributed by atoms with van der Waals surface area (Å²) in [6.45, 7) is 0.0676. The summed E-state index contributed by atoms with van der Waals surface area (Å²) in [7, 11) is 1.38. The molecule has 5 nitrogen and oxygen atoms in total. The van der Waals surface area contributed by atoms with E-state index in [4.69, 9.17) is 16.3 Å². The minimum absolute atomic E-state index is 0.0676. The highest BCUT2D eigenvalue weighted by atomic mass is 79.9. The number of likely N-dealkylation sites (N-methyl/N-ethyl adjacent to an activating group) is 1. The third-order valence-electron chi connectivity index (χ3n) is 3.37. The number of hydrogen-bond acceptors (Lipinski definition) is 3. The summed E-state index contributed by atoms with van der Waals surface area (Å²) >= 11 is 9.16. The molecule has 0 fully saturated rings. The molecule has 2 aromatic rings. The number of carbonyl (C=O) groups is 2. The summed E-state index contributed by atoms with van der Waals surface area (Å²) in [5.74, 6) is -1.17. The maximum Gasteiger partial charge on any atom is 0.410 e. The Morgan fingerprint density at radius 2 is 1.92 bits per heavy atom. The van der Waals surface area contributed by atoms with Crippen LogP contribution < -0.4 is 0 Å². The molecule has 2 rings (SSSR count). The summed E-state index contributed by atoms with van der Waals surface area (Å²) in [6, 6.07) is 12.7. The van der Waals surface area contributed by atoms with Crippen LogP contribution in [0.5, 0.6) is 0 Å². The molecule has 24 heavy (non-hydrogen) atoms. The number of rotatable bonds is 5. The lowest BCUT2D eigenvalue weighted by atomic mass is 10.1. The van der Waals surface area contributed by atoms with Gasteiger partial charge in [0.15, 0.2) is 6.04 Å². The molecule has 1 atom stereocenters. The van der Waals surface area contributed by atoms with E-state index in [-0.39, 0.29) is 6.61 Å². The maximum absolute atomic E-state index is 12.2. The van der Waals surface area contributed by atoms with Crippen LogP contribution in [0.1, 0.15) is 17.2 Å². The van der Waals surface area contributed by atoms with Crippen LogP contribution in [0.3, 0.4) is 0 Å². The number of carbonyl (C=O) groups excluding carboxylic acids is 1. The van der Waals surface area contributed by atoms with E-state index in [1.807, 2.05) is 30.3 Å². The molecular formula is C17H15BrClNO4. The lowest BCUT2D eigenvalue weighted by molar-refractivity contribution is -0.142. The number of amides is 1. The first-order chi connectivity index (χ1) is 11.4. The Balaban J connectivity index is 2.15. The van der Waals surface area contributed by atoms with Crippen LogP contribution in [0.15, 0.2) is 53.0 Å². The second-order valence-corrected chi connectivity index (χ2v) is 6.35. The first kappa shape index (κ1) is 18.3. The fraction of sp³-hybridized carbons (Fsp3) is 0.176. The number of hydrogen-bond donors (Lipinski definition) is 1. The van der Waals surface area contributed by atoms with Crippen molar-refractivity contribution in [2.75, 3.05) is 7.05 Å². The Hall–Kier alpha value is -2.05. The zero-order chi connectivity index (χ0) is 17.7. The average molecular weight is 413 g/mol. The number of carboxylic acid groups (broad SMARTS) is 1. The van der Waals surface area contributed by atoms with E-state index in [1.165, 1.54) is 7.05 Å². The van der Waals surface area contributed by atoms with E-state index in [0.29, 0.717) is 15.1 Å². The fourth-order valence-electron chi connectivity index (χ4n) is 2.16. The summed E-state index contributed by atoms with van der Waals surface area (Å²) in [4.78, 5) is 24.9. The third-order valence-corrected chi connectivity index (χ3v) is 4.29. The van der Waals surface area contributed by atoms with Crippen molar-refractivity contribution >= 4 is 39.6 Å². The Kier molecular flexibility index (Phi) is 6.23. The monoisotopic (exact) mass is 411 g/mol. The van der Waals surface area contributed by atoms with Gasteiger partial charge in [-0.25, -0.2) is 9.59 Å². The van der Waals surface area contributed by atoms with Crippen molar-refractivity contribution < 1.29 is 19.4 Å². The molecule has 0 radical (unpaired) electrons. The minimum atomic E-state index is -1.19. The quantitative estimate of drug-likeness (QED) is 0.785. The van der Waals surface area contributed by atoms with E-state index in [1.54, 1.807) is 18.2 Å². The summed E-state index contributed by atoms with van der Waals surface area (Å²) in [5.41, 5.74) is 1.23. The SMILES string of the molecule is CN(C(=O)OCc1ccccc1)C(C(=O)O)c1ccc(Cl)cc1Br. The Bertz CT molecular complexity index is 739. The van der Waals surface area contributed by atoms with Gasteiger partial charge in [0.05, 0.1) is 0 Å². The van der Waals surface area contributed by atoms with Crippen LogP contribution in [-0.4, -0.2) is 29.1 Å². The lowest BCUT2D eigenvalue weighted by Gasteiger charge is -2.25. The van der Waals surface area contributed by atoms with Crippen LogP contribution in [-0.2, 0) is 16.1 Å². The minimum Gasteiger partial charge on any atom is -0.479 e. The lowest BCUT2D eigenvalue weighted by Crippen LogP contribution is -2.36. The predicted octanol–water partition coefficient (Wildman–Crippen LogP) is 4.50. The predicted molar refractivity (Wildman–Crippen MR) is 93.9 cm³/mol. The van der Waals surface area contributed by atoms with E-state index in [9.17, 15) is 14.7 Å². The smallest absolute Gasteiger partial charge is 0.410 e. The summed E-state index contributed by atoms with van der Waals surface area (Å²) < 4.78 is 5.69. The van der Waals surface area contributed by atoms with Crippen LogP contribution in [0.25, 0.3) is 0 Å². The van der Waals surface area contributed by atoms with Gasteiger partial charge in [-0.3, -0.25) is 4.90 Å². The van der Waals surface area contributed by atoms with Gasteiger partial charge in [0.1, 0.15) is 6.61 Å². The molecule has 7 heteroatoms.